The predicted molar refractivity (Wildman–Crippen MR) is 80.1 cm³/mol. The highest BCUT2D eigenvalue weighted by Crippen LogP contribution is 2.25. The van der Waals surface area contributed by atoms with Gasteiger partial charge in [-0.3, -0.25) is 4.99 Å². The Morgan fingerprint density at radius 3 is 2.83 bits per heavy atom. The van der Waals surface area contributed by atoms with Gasteiger partial charge in [-0.2, -0.15) is 0 Å². The van der Waals surface area contributed by atoms with Crippen LogP contribution in [0.4, 0.5) is 0 Å². The number of hydrogen-bond donors (Lipinski definition) is 1. The fraction of sp³-hybridized carbons (Fsp3) is 0.500. The molecule has 2 rings (SSSR count). The molecule has 98 valence electrons. The van der Waals surface area contributed by atoms with Crippen molar-refractivity contribution < 1.29 is 0 Å². The molecule has 0 amide bonds. The Morgan fingerprint density at radius 2 is 2.22 bits per heavy atom. The number of benzene rings is 1. The van der Waals surface area contributed by atoms with Crippen molar-refractivity contribution in [3.8, 4) is 0 Å². The quantitative estimate of drug-likeness (QED) is 0.929. The van der Waals surface area contributed by atoms with Gasteiger partial charge in [0.15, 0.2) is 5.96 Å². The molecule has 0 saturated heterocycles. The first-order chi connectivity index (χ1) is 8.49. The Morgan fingerprint density at radius 1 is 1.44 bits per heavy atom. The van der Waals surface area contributed by atoms with E-state index < -0.39 is 0 Å². The lowest BCUT2D eigenvalue weighted by Gasteiger charge is -2.27. The highest BCUT2D eigenvalue weighted by atomic mass is 79.9. The molecule has 3 nitrogen and oxygen atoms in total. The summed E-state index contributed by atoms with van der Waals surface area (Å²) in [5.41, 5.74) is 1.40. The highest BCUT2D eigenvalue weighted by molar-refractivity contribution is 9.10. The average Bonchev–Trinajstić information content (AvgIpc) is 2.72. The van der Waals surface area contributed by atoms with Crippen molar-refractivity contribution >= 4 is 21.9 Å². The lowest BCUT2D eigenvalue weighted by atomic mass is 9.85. The van der Waals surface area contributed by atoms with Crippen LogP contribution in [0, 0.1) is 0 Å². The summed E-state index contributed by atoms with van der Waals surface area (Å²) in [6, 6.07) is 8.50. The molecule has 1 aliphatic heterocycles. The predicted octanol–water partition coefficient (Wildman–Crippen LogP) is 2.62. The number of nitrogens with zero attached hydrogens (tertiary/aromatic N) is 2. The van der Waals surface area contributed by atoms with Crippen molar-refractivity contribution in [3.63, 3.8) is 0 Å². The number of likely N-dealkylation sites (N-methyl/N-ethyl adjacent to an activating group) is 1. The van der Waals surface area contributed by atoms with Crippen LogP contribution in [-0.2, 0) is 5.41 Å². The van der Waals surface area contributed by atoms with E-state index in [4.69, 9.17) is 0 Å². The van der Waals surface area contributed by atoms with E-state index in [0.717, 1.165) is 30.1 Å². The van der Waals surface area contributed by atoms with Gasteiger partial charge in [-0.15, -0.1) is 0 Å². The summed E-state index contributed by atoms with van der Waals surface area (Å²) in [6.45, 7) is 7.29. The largest absolute Gasteiger partial charge is 0.355 e. The SMILES string of the molecule is CN1CCN=C1NCC(C)(C)c1cccc(Br)c1. The molecule has 0 atom stereocenters. The van der Waals surface area contributed by atoms with Crippen LogP contribution in [0.2, 0.25) is 0 Å². The maximum Gasteiger partial charge on any atom is 0.193 e. The zero-order chi connectivity index (χ0) is 13.2. The van der Waals surface area contributed by atoms with Gasteiger partial charge in [-0.05, 0) is 17.7 Å². The fourth-order valence-electron chi connectivity index (χ4n) is 2.03. The van der Waals surface area contributed by atoms with E-state index in [0.29, 0.717) is 0 Å². The number of aliphatic imine (C=N–C) groups is 1. The minimum Gasteiger partial charge on any atom is -0.355 e. The second-order valence-corrected chi connectivity index (χ2v) is 6.29. The van der Waals surface area contributed by atoms with Crippen LogP contribution in [-0.4, -0.2) is 37.5 Å². The third kappa shape index (κ3) is 3.05. The Balaban J connectivity index is 2.03. The normalized spacial score (nSPS) is 15.8. The van der Waals surface area contributed by atoms with Crippen molar-refractivity contribution in [3.05, 3.63) is 34.3 Å². The molecule has 0 bridgehead atoms. The van der Waals surface area contributed by atoms with Crippen LogP contribution >= 0.6 is 15.9 Å². The van der Waals surface area contributed by atoms with Gasteiger partial charge in [-0.25, -0.2) is 0 Å². The first kappa shape index (κ1) is 13.4. The standard InChI is InChI=1S/C14H20BrN3/c1-14(2,11-5-4-6-12(15)9-11)10-17-13-16-7-8-18(13)3/h4-6,9H,7-8,10H2,1-3H3,(H,16,17). The van der Waals surface area contributed by atoms with Crippen LogP contribution in [0.25, 0.3) is 0 Å². The number of halogens is 1. The van der Waals surface area contributed by atoms with E-state index in [1.807, 2.05) is 0 Å². The van der Waals surface area contributed by atoms with Crippen LogP contribution in [0.15, 0.2) is 33.7 Å². The molecular formula is C14H20BrN3. The number of guanidine groups is 1. The summed E-state index contributed by atoms with van der Waals surface area (Å²) in [4.78, 5) is 6.62. The molecule has 1 aromatic carbocycles. The summed E-state index contributed by atoms with van der Waals surface area (Å²) < 4.78 is 1.13. The molecule has 4 heteroatoms. The summed E-state index contributed by atoms with van der Waals surface area (Å²) in [6.07, 6.45) is 0. The molecule has 1 N–H and O–H groups in total. The van der Waals surface area contributed by atoms with Gasteiger partial charge in [0.25, 0.3) is 0 Å². The molecule has 0 aromatic heterocycles. The maximum absolute atomic E-state index is 4.45. The molecule has 0 fully saturated rings. The summed E-state index contributed by atoms with van der Waals surface area (Å²) >= 11 is 3.53. The number of rotatable bonds is 3. The van der Waals surface area contributed by atoms with E-state index in [9.17, 15) is 0 Å². The molecule has 0 saturated carbocycles. The van der Waals surface area contributed by atoms with Gasteiger partial charge in [0, 0.05) is 30.0 Å². The van der Waals surface area contributed by atoms with E-state index >= 15 is 0 Å². The van der Waals surface area contributed by atoms with Crippen molar-refractivity contribution in [2.75, 3.05) is 26.7 Å². The van der Waals surface area contributed by atoms with E-state index in [1.54, 1.807) is 0 Å². The highest BCUT2D eigenvalue weighted by Gasteiger charge is 2.22. The van der Waals surface area contributed by atoms with Gasteiger partial charge in [0.05, 0.1) is 6.54 Å². The minimum atomic E-state index is 0.0791. The first-order valence-corrected chi connectivity index (χ1v) is 7.04. The number of nitrogens with one attached hydrogen (secondary N) is 1. The lowest BCUT2D eigenvalue weighted by Crippen LogP contribution is -2.42. The van der Waals surface area contributed by atoms with Crippen molar-refractivity contribution in [1.29, 1.82) is 0 Å². The fourth-order valence-corrected chi connectivity index (χ4v) is 2.43. The summed E-state index contributed by atoms with van der Waals surface area (Å²) in [5, 5.41) is 3.45. The zero-order valence-electron chi connectivity index (χ0n) is 11.2. The first-order valence-electron chi connectivity index (χ1n) is 6.24. The van der Waals surface area contributed by atoms with Gasteiger partial charge < -0.3 is 10.2 Å². The van der Waals surface area contributed by atoms with Crippen LogP contribution in [0.5, 0.6) is 0 Å². The Kier molecular flexibility index (Phi) is 3.95. The Hall–Kier alpha value is -1.03. The third-order valence-corrected chi connectivity index (χ3v) is 3.85. The van der Waals surface area contributed by atoms with Gasteiger partial charge in [0.2, 0.25) is 0 Å². The molecule has 0 unspecified atom stereocenters. The van der Waals surface area contributed by atoms with Crippen LogP contribution in [0.1, 0.15) is 19.4 Å². The van der Waals surface area contributed by atoms with Crippen LogP contribution in [0.3, 0.4) is 0 Å². The average molecular weight is 310 g/mol. The van der Waals surface area contributed by atoms with Gasteiger partial charge >= 0.3 is 0 Å². The lowest BCUT2D eigenvalue weighted by molar-refractivity contribution is 0.480. The molecule has 18 heavy (non-hydrogen) atoms. The molecule has 0 spiro atoms. The summed E-state index contributed by atoms with van der Waals surface area (Å²) in [7, 11) is 2.07. The van der Waals surface area contributed by atoms with Crippen molar-refractivity contribution in [1.82, 2.24) is 10.2 Å². The monoisotopic (exact) mass is 309 g/mol. The van der Waals surface area contributed by atoms with Gasteiger partial charge in [-0.1, -0.05) is 41.9 Å². The van der Waals surface area contributed by atoms with Crippen LogP contribution < -0.4 is 5.32 Å². The Labute approximate surface area is 117 Å². The molecule has 1 aromatic rings. The second-order valence-electron chi connectivity index (χ2n) is 5.37. The molecular weight excluding hydrogens is 290 g/mol. The van der Waals surface area contributed by atoms with Crippen molar-refractivity contribution in [2.45, 2.75) is 19.3 Å². The molecule has 1 heterocycles. The van der Waals surface area contributed by atoms with E-state index in [-0.39, 0.29) is 5.41 Å². The molecule has 0 radical (unpaired) electrons. The number of hydrogen-bond acceptors (Lipinski definition) is 3. The third-order valence-electron chi connectivity index (χ3n) is 3.35. The Bertz CT molecular complexity index is 454. The maximum atomic E-state index is 4.45. The summed E-state index contributed by atoms with van der Waals surface area (Å²) in [5.74, 6) is 1.01. The van der Waals surface area contributed by atoms with Gasteiger partial charge in [0.1, 0.15) is 0 Å². The van der Waals surface area contributed by atoms with Crippen molar-refractivity contribution in [2.24, 2.45) is 4.99 Å². The molecule has 1 aliphatic rings. The zero-order valence-corrected chi connectivity index (χ0v) is 12.8. The molecule has 0 aliphatic carbocycles. The van der Waals surface area contributed by atoms with E-state index in [1.165, 1.54) is 5.56 Å². The smallest absolute Gasteiger partial charge is 0.193 e. The van der Waals surface area contributed by atoms with E-state index in [2.05, 4.69) is 76.3 Å². The second kappa shape index (κ2) is 5.31. The topological polar surface area (TPSA) is 27.6 Å². The minimum absolute atomic E-state index is 0.0791.